The SMILES string of the molecule is COc1ccc(CNCc2sccc2N)c(OC)c1. The zero-order valence-corrected chi connectivity index (χ0v) is 11.9. The van der Waals surface area contributed by atoms with Gasteiger partial charge >= 0.3 is 0 Å². The number of methoxy groups -OCH3 is 2. The topological polar surface area (TPSA) is 56.5 Å². The molecule has 0 aliphatic carbocycles. The lowest BCUT2D eigenvalue weighted by atomic mass is 10.2. The highest BCUT2D eigenvalue weighted by atomic mass is 32.1. The minimum absolute atomic E-state index is 0.727. The number of hydrogen-bond acceptors (Lipinski definition) is 5. The summed E-state index contributed by atoms with van der Waals surface area (Å²) in [4.78, 5) is 1.16. The Morgan fingerprint density at radius 2 is 2.00 bits per heavy atom. The summed E-state index contributed by atoms with van der Waals surface area (Å²) in [6.45, 7) is 1.49. The Morgan fingerprint density at radius 1 is 1.16 bits per heavy atom. The van der Waals surface area contributed by atoms with E-state index in [2.05, 4.69) is 5.32 Å². The highest BCUT2D eigenvalue weighted by molar-refractivity contribution is 7.10. The van der Waals surface area contributed by atoms with Crippen LogP contribution in [0.4, 0.5) is 5.69 Å². The quantitative estimate of drug-likeness (QED) is 0.853. The van der Waals surface area contributed by atoms with Gasteiger partial charge in [0.1, 0.15) is 11.5 Å². The Hall–Kier alpha value is -1.72. The molecule has 102 valence electrons. The molecule has 2 aromatic rings. The second-order valence-corrected chi connectivity index (χ2v) is 5.08. The Morgan fingerprint density at radius 3 is 2.63 bits per heavy atom. The molecule has 0 fully saturated rings. The van der Waals surface area contributed by atoms with Gasteiger partial charge < -0.3 is 20.5 Å². The summed E-state index contributed by atoms with van der Waals surface area (Å²) < 4.78 is 10.5. The second kappa shape index (κ2) is 6.45. The molecule has 0 aliphatic heterocycles. The molecule has 2 rings (SSSR count). The number of nitrogen functional groups attached to an aromatic ring is 1. The predicted molar refractivity (Wildman–Crippen MR) is 78.8 cm³/mol. The average molecular weight is 278 g/mol. The first kappa shape index (κ1) is 13.7. The van der Waals surface area contributed by atoms with Crippen molar-refractivity contribution in [1.82, 2.24) is 5.32 Å². The number of benzene rings is 1. The van der Waals surface area contributed by atoms with Crippen LogP contribution in [0.25, 0.3) is 0 Å². The zero-order chi connectivity index (χ0) is 13.7. The summed E-state index contributed by atoms with van der Waals surface area (Å²) in [6, 6.07) is 7.74. The molecular formula is C14H18N2O2S. The fraction of sp³-hybridized carbons (Fsp3) is 0.286. The fourth-order valence-electron chi connectivity index (χ4n) is 1.80. The Kier molecular flexibility index (Phi) is 4.65. The van der Waals surface area contributed by atoms with Gasteiger partial charge in [0.05, 0.1) is 14.2 Å². The van der Waals surface area contributed by atoms with Gasteiger partial charge in [0.15, 0.2) is 0 Å². The van der Waals surface area contributed by atoms with Gasteiger partial charge in [0, 0.05) is 35.3 Å². The monoisotopic (exact) mass is 278 g/mol. The largest absolute Gasteiger partial charge is 0.497 e. The summed E-state index contributed by atoms with van der Waals surface area (Å²) >= 11 is 1.66. The maximum atomic E-state index is 5.84. The molecule has 0 spiro atoms. The van der Waals surface area contributed by atoms with Crippen LogP contribution in [0.2, 0.25) is 0 Å². The highest BCUT2D eigenvalue weighted by Crippen LogP contribution is 2.25. The van der Waals surface area contributed by atoms with E-state index >= 15 is 0 Å². The van der Waals surface area contributed by atoms with E-state index in [0.717, 1.165) is 40.7 Å². The molecule has 0 amide bonds. The van der Waals surface area contributed by atoms with Crippen molar-refractivity contribution in [1.29, 1.82) is 0 Å². The first-order valence-corrected chi connectivity index (χ1v) is 6.86. The van der Waals surface area contributed by atoms with Gasteiger partial charge in [-0.1, -0.05) is 6.07 Å². The molecule has 4 nitrogen and oxygen atoms in total. The van der Waals surface area contributed by atoms with Crippen LogP contribution in [0, 0.1) is 0 Å². The van der Waals surface area contributed by atoms with Crippen molar-refractivity contribution >= 4 is 17.0 Å². The first-order valence-electron chi connectivity index (χ1n) is 5.98. The fourth-order valence-corrected chi connectivity index (χ4v) is 2.57. The second-order valence-electron chi connectivity index (χ2n) is 4.08. The van der Waals surface area contributed by atoms with Gasteiger partial charge in [0.25, 0.3) is 0 Å². The van der Waals surface area contributed by atoms with Crippen LogP contribution in [0.15, 0.2) is 29.6 Å². The third-order valence-electron chi connectivity index (χ3n) is 2.88. The van der Waals surface area contributed by atoms with Gasteiger partial charge in [-0.2, -0.15) is 0 Å². The number of rotatable bonds is 6. The summed E-state index contributed by atoms with van der Waals surface area (Å²) in [5.41, 5.74) is 7.79. The maximum absolute atomic E-state index is 5.84. The molecule has 1 aromatic carbocycles. The third kappa shape index (κ3) is 3.39. The van der Waals surface area contributed by atoms with Crippen molar-refractivity contribution in [3.8, 4) is 11.5 Å². The molecule has 0 atom stereocenters. The van der Waals surface area contributed by atoms with Gasteiger partial charge in [-0.15, -0.1) is 11.3 Å². The standard InChI is InChI=1S/C14H18N2O2S/c1-17-11-4-3-10(13(7-11)18-2)8-16-9-14-12(15)5-6-19-14/h3-7,16H,8-9,15H2,1-2H3. The molecule has 0 radical (unpaired) electrons. The number of nitrogens with one attached hydrogen (secondary N) is 1. The normalized spacial score (nSPS) is 10.4. The zero-order valence-electron chi connectivity index (χ0n) is 11.1. The minimum atomic E-state index is 0.727. The Bertz CT molecular complexity index is 540. The van der Waals surface area contributed by atoms with Crippen molar-refractivity contribution in [2.45, 2.75) is 13.1 Å². The maximum Gasteiger partial charge on any atom is 0.127 e. The van der Waals surface area contributed by atoms with Crippen molar-refractivity contribution < 1.29 is 9.47 Å². The molecule has 3 N–H and O–H groups in total. The van der Waals surface area contributed by atoms with Crippen molar-refractivity contribution in [3.05, 3.63) is 40.1 Å². The number of hydrogen-bond donors (Lipinski definition) is 2. The lowest BCUT2D eigenvalue weighted by Gasteiger charge is -2.11. The van der Waals surface area contributed by atoms with Crippen molar-refractivity contribution in [2.75, 3.05) is 20.0 Å². The highest BCUT2D eigenvalue weighted by Gasteiger charge is 2.05. The summed E-state index contributed by atoms with van der Waals surface area (Å²) in [7, 11) is 3.31. The predicted octanol–water partition coefficient (Wildman–Crippen LogP) is 2.64. The van der Waals surface area contributed by atoms with E-state index in [1.807, 2.05) is 29.6 Å². The third-order valence-corrected chi connectivity index (χ3v) is 3.81. The van der Waals surface area contributed by atoms with Crippen LogP contribution in [-0.2, 0) is 13.1 Å². The first-order chi connectivity index (χ1) is 9.24. The van der Waals surface area contributed by atoms with Gasteiger partial charge in [0.2, 0.25) is 0 Å². The van der Waals surface area contributed by atoms with Crippen LogP contribution in [-0.4, -0.2) is 14.2 Å². The van der Waals surface area contributed by atoms with E-state index in [1.54, 1.807) is 25.6 Å². The molecule has 19 heavy (non-hydrogen) atoms. The average Bonchev–Trinajstić information content (AvgIpc) is 2.84. The molecule has 0 aliphatic rings. The molecule has 1 aromatic heterocycles. The Balaban J connectivity index is 1.97. The number of nitrogens with two attached hydrogens (primary N) is 1. The Labute approximate surface area is 117 Å². The van der Waals surface area contributed by atoms with Crippen molar-refractivity contribution in [2.24, 2.45) is 0 Å². The number of anilines is 1. The van der Waals surface area contributed by atoms with E-state index in [1.165, 1.54) is 0 Å². The van der Waals surface area contributed by atoms with Crippen LogP contribution in [0.1, 0.15) is 10.4 Å². The van der Waals surface area contributed by atoms with Gasteiger partial charge in [-0.25, -0.2) is 0 Å². The van der Waals surface area contributed by atoms with Crippen LogP contribution in [0.3, 0.4) is 0 Å². The molecule has 1 heterocycles. The van der Waals surface area contributed by atoms with E-state index in [9.17, 15) is 0 Å². The van der Waals surface area contributed by atoms with E-state index in [0.29, 0.717) is 0 Å². The van der Waals surface area contributed by atoms with Crippen LogP contribution < -0.4 is 20.5 Å². The van der Waals surface area contributed by atoms with Crippen molar-refractivity contribution in [3.63, 3.8) is 0 Å². The summed E-state index contributed by atoms with van der Waals surface area (Å²) in [5.74, 6) is 1.62. The van der Waals surface area contributed by atoms with E-state index < -0.39 is 0 Å². The molecule has 0 saturated carbocycles. The van der Waals surface area contributed by atoms with Crippen LogP contribution >= 0.6 is 11.3 Å². The molecule has 0 unspecified atom stereocenters. The van der Waals surface area contributed by atoms with Crippen LogP contribution in [0.5, 0.6) is 11.5 Å². The van der Waals surface area contributed by atoms with Gasteiger partial charge in [-0.3, -0.25) is 0 Å². The number of thiophene rings is 1. The van der Waals surface area contributed by atoms with E-state index in [4.69, 9.17) is 15.2 Å². The number of ether oxygens (including phenoxy) is 2. The molecule has 0 saturated heterocycles. The molecular weight excluding hydrogens is 260 g/mol. The minimum Gasteiger partial charge on any atom is -0.497 e. The smallest absolute Gasteiger partial charge is 0.127 e. The molecule has 5 heteroatoms. The lowest BCUT2D eigenvalue weighted by Crippen LogP contribution is -2.13. The van der Waals surface area contributed by atoms with Gasteiger partial charge in [-0.05, 0) is 17.5 Å². The molecule has 0 bridgehead atoms. The summed E-state index contributed by atoms with van der Waals surface area (Å²) in [6.07, 6.45) is 0. The van der Waals surface area contributed by atoms with E-state index in [-0.39, 0.29) is 0 Å². The lowest BCUT2D eigenvalue weighted by molar-refractivity contribution is 0.390. The summed E-state index contributed by atoms with van der Waals surface area (Å²) in [5, 5.41) is 5.37.